The van der Waals surface area contributed by atoms with E-state index >= 15 is 0 Å². The summed E-state index contributed by atoms with van der Waals surface area (Å²) in [6, 6.07) is 0.723. The molecule has 0 bridgehead atoms. The standard InChI is InChI=1S/C13H23N3/c1-3-4-12-9-15-13(16-12)10-5-7-11(14-2)8-6-10/h9-11,14H,3-8H2,1-2H3,(H,15,16). The number of nitrogens with zero attached hydrogens (tertiary/aromatic N) is 1. The van der Waals surface area contributed by atoms with Crippen LogP contribution < -0.4 is 5.32 Å². The van der Waals surface area contributed by atoms with Crippen molar-refractivity contribution < 1.29 is 0 Å². The third-order valence-corrected chi connectivity index (χ3v) is 3.69. The summed E-state index contributed by atoms with van der Waals surface area (Å²) >= 11 is 0. The molecule has 1 aromatic rings. The van der Waals surface area contributed by atoms with Gasteiger partial charge < -0.3 is 10.3 Å². The highest BCUT2D eigenvalue weighted by Crippen LogP contribution is 2.31. The molecular formula is C13H23N3. The molecule has 16 heavy (non-hydrogen) atoms. The van der Waals surface area contributed by atoms with Crippen LogP contribution >= 0.6 is 0 Å². The first-order chi connectivity index (χ1) is 7.83. The van der Waals surface area contributed by atoms with Crippen LogP contribution in [0.2, 0.25) is 0 Å². The van der Waals surface area contributed by atoms with E-state index in [0.717, 1.165) is 12.5 Å². The van der Waals surface area contributed by atoms with Crippen LogP contribution in [0.15, 0.2) is 6.20 Å². The highest BCUT2D eigenvalue weighted by molar-refractivity contribution is 5.07. The van der Waals surface area contributed by atoms with Gasteiger partial charge in [-0.3, -0.25) is 0 Å². The van der Waals surface area contributed by atoms with E-state index in [2.05, 4.69) is 29.3 Å². The monoisotopic (exact) mass is 221 g/mol. The first-order valence-electron chi connectivity index (χ1n) is 6.54. The third-order valence-electron chi connectivity index (χ3n) is 3.69. The van der Waals surface area contributed by atoms with Crippen molar-refractivity contribution >= 4 is 0 Å². The SMILES string of the molecule is CCCc1cnc(C2CCC(NC)CC2)[nH]1. The zero-order valence-corrected chi connectivity index (χ0v) is 10.4. The molecule has 0 aliphatic heterocycles. The largest absolute Gasteiger partial charge is 0.346 e. The van der Waals surface area contributed by atoms with E-state index in [-0.39, 0.29) is 0 Å². The molecule has 90 valence electrons. The van der Waals surface area contributed by atoms with E-state index in [1.54, 1.807) is 0 Å². The Bertz CT molecular complexity index is 311. The summed E-state index contributed by atoms with van der Waals surface area (Å²) in [6.07, 6.45) is 9.43. The van der Waals surface area contributed by atoms with Crippen LogP contribution in [0.25, 0.3) is 0 Å². The summed E-state index contributed by atoms with van der Waals surface area (Å²) in [4.78, 5) is 8.02. The van der Waals surface area contributed by atoms with E-state index in [1.807, 2.05) is 6.20 Å². The Morgan fingerprint density at radius 3 is 2.75 bits per heavy atom. The molecule has 1 aromatic heterocycles. The predicted octanol–water partition coefficient (Wildman–Crippen LogP) is 2.61. The second-order valence-electron chi connectivity index (χ2n) is 4.88. The van der Waals surface area contributed by atoms with Crippen molar-refractivity contribution in [3.63, 3.8) is 0 Å². The van der Waals surface area contributed by atoms with Crippen molar-refractivity contribution in [1.29, 1.82) is 0 Å². The normalized spacial score (nSPS) is 25.9. The number of nitrogens with one attached hydrogen (secondary N) is 2. The third kappa shape index (κ3) is 2.64. The summed E-state index contributed by atoms with van der Waals surface area (Å²) in [6.45, 7) is 2.21. The van der Waals surface area contributed by atoms with Crippen LogP contribution in [0, 0.1) is 0 Å². The lowest BCUT2D eigenvalue weighted by Crippen LogP contribution is -2.29. The summed E-state index contributed by atoms with van der Waals surface area (Å²) in [5.41, 5.74) is 1.30. The minimum atomic E-state index is 0.662. The number of hydrogen-bond donors (Lipinski definition) is 2. The van der Waals surface area contributed by atoms with Gasteiger partial charge >= 0.3 is 0 Å². The molecule has 1 fully saturated rings. The van der Waals surface area contributed by atoms with Crippen LogP contribution in [0.5, 0.6) is 0 Å². The van der Waals surface area contributed by atoms with Gasteiger partial charge in [-0.2, -0.15) is 0 Å². The van der Waals surface area contributed by atoms with Crippen molar-refractivity contribution in [2.75, 3.05) is 7.05 Å². The molecule has 0 saturated heterocycles. The van der Waals surface area contributed by atoms with Crippen LogP contribution in [0.3, 0.4) is 0 Å². The Balaban J connectivity index is 1.92. The minimum absolute atomic E-state index is 0.662. The van der Waals surface area contributed by atoms with Gasteiger partial charge in [0.2, 0.25) is 0 Å². The molecular weight excluding hydrogens is 198 g/mol. The van der Waals surface area contributed by atoms with Gasteiger partial charge in [-0.1, -0.05) is 13.3 Å². The van der Waals surface area contributed by atoms with Gasteiger partial charge in [-0.05, 0) is 39.2 Å². The Labute approximate surface area is 98.1 Å². The summed E-state index contributed by atoms with van der Waals surface area (Å²) in [5, 5.41) is 3.37. The maximum atomic E-state index is 4.53. The van der Waals surface area contributed by atoms with Crippen LogP contribution in [0.4, 0.5) is 0 Å². The first-order valence-corrected chi connectivity index (χ1v) is 6.54. The van der Waals surface area contributed by atoms with Crippen molar-refractivity contribution in [3.8, 4) is 0 Å². The first kappa shape index (κ1) is 11.6. The topological polar surface area (TPSA) is 40.7 Å². The average molecular weight is 221 g/mol. The summed E-state index contributed by atoms with van der Waals surface area (Å²) in [7, 11) is 2.07. The van der Waals surface area contributed by atoms with E-state index < -0.39 is 0 Å². The van der Waals surface area contributed by atoms with E-state index in [4.69, 9.17) is 0 Å². The number of aryl methyl sites for hydroxylation is 1. The quantitative estimate of drug-likeness (QED) is 0.820. The zero-order chi connectivity index (χ0) is 11.4. The molecule has 3 heteroatoms. The molecule has 2 N–H and O–H groups in total. The average Bonchev–Trinajstić information content (AvgIpc) is 2.78. The van der Waals surface area contributed by atoms with Gasteiger partial charge in [0.1, 0.15) is 5.82 Å². The molecule has 0 spiro atoms. The van der Waals surface area contributed by atoms with Gasteiger partial charge in [0, 0.05) is 23.9 Å². The minimum Gasteiger partial charge on any atom is -0.346 e. The van der Waals surface area contributed by atoms with E-state index in [9.17, 15) is 0 Å². The van der Waals surface area contributed by atoms with Gasteiger partial charge in [0.05, 0.1) is 0 Å². The van der Waals surface area contributed by atoms with E-state index in [1.165, 1.54) is 43.6 Å². The Morgan fingerprint density at radius 2 is 2.12 bits per heavy atom. The number of aromatic nitrogens is 2. The lowest BCUT2D eigenvalue weighted by Gasteiger charge is -2.26. The second kappa shape index (κ2) is 5.48. The van der Waals surface area contributed by atoms with Gasteiger partial charge in [-0.15, -0.1) is 0 Å². The number of H-pyrrole nitrogens is 1. The zero-order valence-electron chi connectivity index (χ0n) is 10.4. The highest BCUT2D eigenvalue weighted by atomic mass is 14.9. The molecule has 1 heterocycles. The number of aromatic amines is 1. The Hall–Kier alpha value is -0.830. The number of hydrogen-bond acceptors (Lipinski definition) is 2. The highest BCUT2D eigenvalue weighted by Gasteiger charge is 2.23. The predicted molar refractivity (Wildman–Crippen MR) is 66.6 cm³/mol. The molecule has 0 radical (unpaired) electrons. The van der Waals surface area contributed by atoms with Crippen molar-refractivity contribution in [2.24, 2.45) is 0 Å². The fourth-order valence-electron chi connectivity index (χ4n) is 2.64. The number of rotatable bonds is 4. The smallest absolute Gasteiger partial charge is 0.109 e. The summed E-state index contributed by atoms with van der Waals surface area (Å²) < 4.78 is 0. The van der Waals surface area contributed by atoms with Crippen molar-refractivity contribution in [1.82, 2.24) is 15.3 Å². The van der Waals surface area contributed by atoms with Gasteiger partial charge in [0.15, 0.2) is 0 Å². The Kier molecular flexibility index (Phi) is 3.99. The van der Waals surface area contributed by atoms with E-state index in [0.29, 0.717) is 5.92 Å². The van der Waals surface area contributed by atoms with Crippen LogP contribution in [-0.4, -0.2) is 23.1 Å². The molecule has 0 unspecified atom stereocenters. The Morgan fingerprint density at radius 1 is 1.38 bits per heavy atom. The van der Waals surface area contributed by atoms with Gasteiger partial charge in [0.25, 0.3) is 0 Å². The second-order valence-corrected chi connectivity index (χ2v) is 4.88. The fraction of sp³-hybridized carbons (Fsp3) is 0.769. The maximum Gasteiger partial charge on any atom is 0.109 e. The molecule has 1 aliphatic rings. The number of imidazole rings is 1. The summed E-state index contributed by atoms with van der Waals surface area (Å²) in [5.74, 6) is 1.88. The molecule has 2 rings (SSSR count). The van der Waals surface area contributed by atoms with Crippen LogP contribution in [-0.2, 0) is 6.42 Å². The molecule has 3 nitrogen and oxygen atoms in total. The van der Waals surface area contributed by atoms with Crippen molar-refractivity contribution in [2.45, 2.75) is 57.4 Å². The molecule has 1 aliphatic carbocycles. The fourth-order valence-corrected chi connectivity index (χ4v) is 2.64. The molecule has 0 amide bonds. The maximum absolute atomic E-state index is 4.53. The van der Waals surface area contributed by atoms with Gasteiger partial charge in [-0.25, -0.2) is 4.98 Å². The van der Waals surface area contributed by atoms with Crippen molar-refractivity contribution in [3.05, 3.63) is 17.7 Å². The molecule has 1 saturated carbocycles. The van der Waals surface area contributed by atoms with Crippen LogP contribution in [0.1, 0.15) is 56.5 Å². The molecule has 0 atom stereocenters. The molecule has 0 aromatic carbocycles. The lowest BCUT2D eigenvalue weighted by atomic mass is 9.86. The lowest BCUT2D eigenvalue weighted by molar-refractivity contribution is 0.351.